The van der Waals surface area contributed by atoms with Gasteiger partial charge in [0, 0.05) is 29.9 Å². The number of fused-ring (bicyclic) bond motifs is 1. The highest BCUT2D eigenvalue weighted by molar-refractivity contribution is 7.89. The van der Waals surface area contributed by atoms with Gasteiger partial charge in [0.2, 0.25) is 28.6 Å². The Morgan fingerprint density at radius 1 is 1.00 bits per heavy atom. The van der Waals surface area contributed by atoms with Crippen molar-refractivity contribution in [2.45, 2.75) is 30.1 Å². The first-order valence-corrected chi connectivity index (χ1v) is 13.3. The summed E-state index contributed by atoms with van der Waals surface area (Å²) in [5.74, 6) is 1.36. The van der Waals surface area contributed by atoms with Crippen LogP contribution in [0.25, 0.3) is 11.3 Å². The molecule has 0 radical (unpaired) electrons. The Kier molecular flexibility index (Phi) is 6.57. The summed E-state index contributed by atoms with van der Waals surface area (Å²) in [6.07, 6.45) is 1.46. The fraction of sp³-hybridized carbons (Fsp3) is 0.269. The Morgan fingerprint density at radius 2 is 1.76 bits per heavy atom. The van der Waals surface area contributed by atoms with Crippen LogP contribution in [0.15, 0.2) is 65.6 Å². The molecule has 1 aliphatic heterocycles. The molecule has 1 aliphatic carbocycles. The van der Waals surface area contributed by atoms with Crippen LogP contribution >= 0.6 is 0 Å². The van der Waals surface area contributed by atoms with Gasteiger partial charge >= 0.3 is 0 Å². The van der Waals surface area contributed by atoms with Crippen LogP contribution < -0.4 is 24.8 Å². The molecule has 10 nitrogen and oxygen atoms in total. The summed E-state index contributed by atoms with van der Waals surface area (Å²) in [5, 5.41) is 5.47. The van der Waals surface area contributed by atoms with Gasteiger partial charge in [0.05, 0.1) is 16.0 Å². The van der Waals surface area contributed by atoms with Crippen LogP contribution in [0.4, 0.5) is 5.82 Å². The molecule has 0 saturated heterocycles. The summed E-state index contributed by atoms with van der Waals surface area (Å²) in [7, 11) is -3.72. The summed E-state index contributed by atoms with van der Waals surface area (Å²) in [4.78, 5) is 28.8. The van der Waals surface area contributed by atoms with Crippen LogP contribution in [0.5, 0.6) is 11.5 Å². The second-order valence-electron chi connectivity index (χ2n) is 8.92. The number of ether oxygens (including phenoxy) is 2. The molecular formula is C26H32N4O6S. The number of anilines is 1. The molecule has 5 rings (SSSR count). The molecule has 0 bridgehead atoms. The largest absolute Gasteiger partial charge is 0.454 e. The van der Waals surface area contributed by atoms with E-state index in [0.717, 1.165) is 18.4 Å². The number of rotatable bonds is 9. The fourth-order valence-corrected chi connectivity index (χ4v) is 5.21. The first kappa shape index (κ1) is 24.7. The number of carbonyl (C=O) groups is 2. The normalized spacial score (nSPS) is 15.2. The maximum atomic E-state index is 13.2. The van der Waals surface area contributed by atoms with Gasteiger partial charge < -0.3 is 20.1 Å². The molecule has 2 aromatic carbocycles. The maximum absolute atomic E-state index is 13.2. The van der Waals surface area contributed by atoms with E-state index >= 15 is 0 Å². The van der Waals surface area contributed by atoms with Crippen molar-refractivity contribution in [3.05, 3.63) is 66.2 Å². The van der Waals surface area contributed by atoms with Crippen molar-refractivity contribution in [3.8, 4) is 22.8 Å². The maximum Gasteiger partial charge on any atom is 0.240 e. The Morgan fingerprint density at radius 3 is 2.49 bits per heavy atom. The third-order valence-electron chi connectivity index (χ3n) is 6.35. The molecule has 1 fully saturated rings. The summed E-state index contributed by atoms with van der Waals surface area (Å²) in [5.41, 5.74) is 1.55. The van der Waals surface area contributed by atoms with E-state index in [1.165, 1.54) is 19.1 Å². The lowest BCUT2D eigenvalue weighted by Crippen LogP contribution is -2.33. The quantitative estimate of drug-likeness (QED) is 0.363. The Hall–Kier alpha value is -3.96. The summed E-state index contributed by atoms with van der Waals surface area (Å²) >= 11 is 0. The molecule has 0 atom stereocenters. The van der Waals surface area contributed by atoms with Crippen molar-refractivity contribution in [2.75, 3.05) is 25.2 Å². The standard InChI is InChI=1S/C26H26N4O6S.3H2/c1-17(31)27-13-14-28-37(33,34)20-8-5-18(6-9-20)21-3-2-4-24(29-21)30-25(32)26(11-12-26)19-7-10-22-23(15-19)36-16-35-22;;;/h2-10,15,28H,11-14,16H2,1H3,(H,27,31)(H,29,30,32);3*1H. The van der Waals surface area contributed by atoms with Crippen molar-refractivity contribution in [1.29, 1.82) is 0 Å². The zero-order chi connectivity index (χ0) is 26.0. The second-order valence-corrected chi connectivity index (χ2v) is 10.7. The van der Waals surface area contributed by atoms with Crippen LogP contribution in [-0.2, 0) is 25.0 Å². The van der Waals surface area contributed by atoms with Crippen molar-refractivity contribution >= 4 is 27.7 Å². The highest BCUT2D eigenvalue weighted by Gasteiger charge is 2.51. The second kappa shape index (κ2) is 9.83. The third kappa shape index (κ3) is 5.27. The number of pyridine rings is 1. The number of hydrogen-bond donors (Lipinski definition) is 3. The van der Waals surface area contributed by atoms with Gasteiger partial charge in [-0.05, 0) is 54.8 Å². The zero-order valence-corrected chi connectivity index (χ0v) is 20.9. The van der Waals surface area contributed by atoms with Crippen LogP contribution in [0.2, 0.25) is 0 Å². The molecule has 1 saturated carbocycles. The molecule has 1 aromatic heterocycles. The molecule has 2 heterocycles. The number of sulfonamides is 1. The van der Waals surface area contributed by atoms with Gasteiger partial charge in [0.1, 0.15) is 5.82 Å². The van der Waals surface area contributed by atoms with E-state index in [1.54, 1.807) is 30.3 Å². The van der Waals surface area contributed by atoms with Crippen molar-refractivity contribution in [1.82, 2.24) is 15.0 Å². The van der Waals surface area contributed by atoms with E-state index in [9.17, 15) is 18.0 Å². The summed E-state index contributed by atoms with van der Waals surface area (Å²) < 4.78 is 38.2. The summed E-state index contributed by atoms with van der Waals surface area (Å²) in [6, 6.07) is 17.2. The Balaban J connectivity index is 0.00000187. The highest BCUT2D eigenvalue weighted by atomic mass is 32.2. The van der Waals surface area contributed by atoms with E-state index in [2.05, 4.69) is 20.3 Å². The summed E-state index contributed by atoms with van der Waals surface area (Å²) in [6.45, 7) is 1.83. The number of amides is 2. The first-order valence-electron chi connectivity index (χ1n) is 11.8. The lowest BCUT2D eigenvalue weighted by atomic mass is 9.94. The monoisotopic (exact) mass is 528 g/mol. The molecule has 3 aromatic rings. The van der Waals surface area contributed by atoms with Gasteiger partial charge in [-0.1, -0.05) is 24.3 Å². The molecule has 3 N–H and O–H groups in total. The number of nitrogens with one attached hydrogen (secondary N) is 3. The Bertz CT molecular complexity index is 1470. The van der Waals surface area contributed by atoms with Crippen molar-refractivity contribution in [3.63, 3.8) is 0 Å². The fourth-order valence-electron chi connectivity index (χ4n) is 4.18. The van der Waals surface area contributed by atoms with Crippen LogP contribution in [0, 0.1) is 0 Å². The molecule has 2 amide bonds. The van der Waals surface area contributed by atoms with E-state index in [1.807, 2.05) is 18.2 Å². The molecule has 11 heteroatoms. The molecule has 0 spiro atoms. The highest BCUT2D eigenvalue weighted by Crippen LogP contribution is 2.51. The van der Waals surface area contributed by atoms with Crippen LogP contribution in [0.3, 0.4) is 0 Å². The number of benzene rings is 2. The number of carbonyl (C=O) groups excluding carboxylic acids is 2. The van der Waals surface area contributed by atoms with Crippen molar-refractivity contribution in [2.24, 2.45) is 0 Å². The number of aromatic nitrogens is 1. The molecule has 198 valence electrons. The number of nitrogens with zero attached hydrogens (tertiary/aromatic N) is 1. The van der Waals surface area contributed by atoms with Gasteiger partial charge in [-0.25, -0.2) is 18.1 Å². The van der Waals surface area contributed by atoms with Crippen molar-refractivity contribution < 1.29 is 31.8 Å². The third-order valence-corrected chi connectivity index (χ3v) is 7.83. The van der Waals surface area contributed by atoms with E-state index in [-0.39, 0.29) is 40.9 Å². The number of hydrogen-bond acceptors (Lipinski definition) is 7. The zero-order valence-electron chi connectivity index (χ0n) is 20.1. The predicted octanol–water partition coefficient (Wildman–Crippen LogP) is 3.30. The van der Waals surface area contributed by atoms with Crippen LogP contribution in [-0.4, -0.2) is 45.1 Å². The minimum absolute atomic E-state index is 0. The molecule has 37 heavy (non-hydrogen) atoms. The van der Waals surface area contributed by atoms with Gasteiger partial charge in [-0.3, -0.25) is 9.59 Å². The average molecular weight is 529 g/mol. The van der Waals surface area contributed by atoms with Gasteiger partial charge in [0.25, 0.3) is 0 Å². The predicted molar refractivity (Wildman–Crippen MR) is 142 cm³/mol. The minimum Gasteiger partial charge on any atom is -0.454 e. The topological polar surface area (TPSA) is 136 Å². The van der Waals surface area contributed by atoms with E-state index in [0.29, 0.717) is 28.6 Å². The first-order chi connectivity index (χ1) is 17.8. The van der Waals surface area contributed by atoms with Gasteiger partial charge in [-0.2, -0.15) is 0 Å². The lowest BCUT2D eigenvalue weighted by molar-refractivity contribution is -0.119. The van der Waals surface area contributed by atoms with Gasteiger partial charge in [0.15, 0.2) is 11.5 Å². The van der Waals surface area contributed by atoms with Crippen LogP contribution in [0.1, 0.15) is 29.6 Å². The molecule has 2 aliphatic rings. The minimum atomic E-state index is -3.72. The van der Waals surface area contributed by atoms with E-state index in [4.69, 9.17) is 9.47 Å². The smallest absolute Gasteiger partial charge is 0.240 e. The lowest BCUT2D eigenvalue weighted by Gasteiger charge is -2.16. The SMILES string of the molecule is CC(=O)NCCNS(=O)(=O)c1ccc(-c2cccc(NC(=O)C3(c4ccc5c(c4)OCO5)CC3)n2)cc1.[HH].[HH].[HH]. The van der Waals surface area contributed by atoms with E-state index < -0.39 is 15.4 Å². The Labute approximate surface area is 218 Å². The van der Waals surface area contributed by atoms with Gasteiger partial charge in [-0.15, -0.1) is 0 Å². The molecular weight excluding hydrogens is 496 g/mol. The molecule has 0 unspecified atom stereocenters. The average Bonchev–Trinajstić information content (AvgIpc) is 3.57.